The van der Waals surface area contributed by atoms with Gasteiger partial charge in [0.15, 0.2) is 0 Å². The Hall–Kier alpha value is -2.15. The standard InChI is InChI=1S/C12H16ClN5O2/c1-16(2)9-15-12(8-18(19)20)17(3)7-10-4-5-11(13)14-6-10/h4-6,8-9H,7H2,1-3H3/b12-8+,15-9+. The van der Waals surface area contributed by atoms with Crippen LogP contribution in [0.5, 0.6) is 0 Å². The minimum Gasteiger partial charge on any atom is -0.369 e. The maximum Gasteiger partial charge on any atom is 0.276 e. The van der Waals surface area contributed by atoms with Gasteiger partial charge in [-0.3, -0.25) is 10.1 Å². The van der Waals surface area contributed by atoms with E-state index in [1.54, 1.807) is 43.2 Å². The van der Waals surface area contributed by atoms with Crippen LogP contribution in [-0.4, -0.2) is 47.2 Å². The summed E-state index contributed by atoms with van der Waals surface area (Å²) in [7, 11) is 5.30. The molecule has 108 valence electrons. The second-order valence-corrected chi connectivity index (χ2v) is 4.71. The lowest BCUT2D eigenvalue weighted by Gasteiger charge is -2.17. The SMILES string of the molecule is CN(C)/C=N/C(=C\[N+](=O)[O-])N(C)Cc1ccc(Cl)nc1. The van der Waals surface area contributed by atoms with E-state index in [1.807, 2.05) is 6.07 Å². The van der Waals surface area contributed by atoms with Crippen LogP contribution in [0.15, 0.2) is 35.3 Å². The Labute approximate surface area is 122 Å². The highest BCUT2D eigenvalue weighted by Crippen LogP contribution is 2.11. The topological polar surface area (TPSA) is 74.9 Å². The molecule has 1 heterocycles. The number of hydrogen-bond donors (Lipinski definition) is 0. The summed E-state index contributed by atoms with van der Waals surface area (Å²) in [6.45, 7) is 0.439. The number of aliphatic imine (C=N–C) groups is 1. The Morgan fingerprint density at radius 2 is 2.20 bits per heavy atom. The van der Waals surface area contributed by atoms with Crippen molar-refractivity contribution in [1.82, 2.24) is 14.8 Å². The van der Waals surface area contributed by atoms with Gasteiger partial charge in [0.1, 0.15) is 5.15 Å². The van der Waals surface area contributed by atoms with Crippen LogP contribution < -0.4 is 0 Å². The lowest BCUT2D eigenvalue weighted by atomic mass is 10.3. The van der Waals surface area contributed by atoms with Gasteiger partial charge in [-0.15, -0.1) is 0 Å². The van der Waals surface area contributed by atoms with E-state index in [4.69, 9.17) is 11.6 Å². The van der Waals surface area contributed by atoms with E-state index in [1.165, 1.54) is 6.34 Å². The van der Waals surface area contributed by atoms with E-state index in [-0.39, 0.29) is 5.82 Å². The average Bonchev–Trinajstić information content (AvgIpc) is 2.36. The molecule has 0 N–H and O–H groups in total. The van der Waals surface area contributed by atoms with Crippen LogP contribution in [0.4, 0.5) is 0 Å². The van der Waals surface area contributed by atoms with E-state index in [0.29, 0.717) is 11.7 Å². The molecule has 0 aliphatic carbocycles. The first-order chi connectivity index (χ1) is 9.38. The highest BCUT2D eigenvalue weighted by atomic mass is 35.5. The van der Waals surface area contributed by atoms with Crippen LogP contribution in [0, 0.1) is 10.1 Å². The molecular formula is C12H16ClN5O2. The molecule has 1 aromatic heterocycles. The number of aromatic nitrogens is 1. The second kappa shape index (κ2) is 7.44. The van der Waals surface area contributed by atoms with Gasteiger partial charge in [0.2, 0.25) is 5.82 Å². The molecule has 7 nitrogen and oxygen atoms in total. The molecule has 0 fully saturated rings. The highest BCUT2D eigenvalue weighted by Gasteiger charge is 2.09. The van der Waals surface area contributed by atoms with Crippen LogP contribution in [-0.2, 0) is 6.54 Å². The molecular weight excluding hydrogens is 282 g/mol. The summed E-state index contributed by atoms with van der Waals surface area (Å²) in [6, 6.07) is 3.48. The highest BCUT2D eigenvalue weighted by molar-refractivity contribution is 6.29. The lowest BCUT2D eigenvalue weighted by molar-refractivity contribution is -0.404. The molecule has 0 radical (unpaired) electrons. The minimum absolute atomic E-state index is 0.249. The molecule has 0 unspecified atom stereocenters. The van der Waals surface area contributed by atoms with Gasteiger partial charge in [0, 0.05) is 33.9 Å². The molecule has 0 saturated carbocycles. The first-order valence-corrected chi connectivity index (χ1v) is 6.14. The molecule has 0 atom stereocenters. The van der Waals surface area contributed by atoms with Crippen molar-refractivity contribution >= 4 is 17.9 Å². The van der Waals surface area contributed by atoms with E-state index in [0.717, 1.165) is 11.8 Å². The quantitative estimate of drug-likeness (QED) is 0.263. The van der Waals surface area contributed by atoms with Crippen LogP contribution in [0.25, 0.3) is 0 Å². The van der Waals surface area contributed by atoms with Crippen molar-refractivity contribution in [2.45, 2.75) is 6.54 Å². The van der Waals surface area contributed by atoms with Crippen LogP contribution in [0.1, 0.15) is 5.56 Å². The summed E-state index contributed by atoms with van der Waals surface area (Å²) in [5, 5.41) is 11.0. The molecule has 8 heteroatoms. The van der Waals surface area contributed by atoms with Gasteiger partial charge in [-0.2, -0.15) is 0 Å². The molecule has 0 aliphatic rings. The van der Waals surface area contributed by atoms with Gasteiger partial charge < -0.3 is 9.80 Å². The zero-order valence-corrected chi connectivity index (χ0v) is 12.3. The van der Waals surface area contributed by atoms with E-state index < -0.39 is 4.92 Å². The van der Waals surface area contributed by atoms with Crippen molar-refractivity contribution in [3.63, 3.8) is 0 Å². The van der Waals surface area contributed by atoms with E-state index >= 15 is 0 Å². The molecule has 0 amide bonds. The van der Waals surface area contributed by atoms with Crippen molar-refractivity contribution in [3.05, 3.63) is 51.2 Å². The fourth-order valence-electron chi connectivity index (χ4n) is 1.35. The Balaban J connectivity index is 2.85. The van der Waals surface area contributed by atoms with Crippen molar-refractivity contribution in [1.29, 1.82) is 0 Å². The fraction of sp³-hybridized carbons (Fsp3) is 0.333. The summed E-state index contributed by atoms with van der Waals surface area (Å²) < 4.78 is 0. The fourth-order valence-corrected chi connectivity index (χ4v) is 1.47. The number of pyridine rings is 1. The van der Waals surface area contributed by atoms with Crippen molar-refractivity contribution < 1.29 is 4.92 Å². The molecule has 1 rings (SSSR count). The Morgan fingerprint density at radius 3 is 2.70 bits per heavy atom. The van der Waals surface area contributed by atoms with Gasteiger partial charge in [0.25, 0.3) is 6.20 Å². The van der Waals surface area contributed by atoms with Crippen molar-refractivity contribution in [3.8, 4) is 0 Å². The largest absolute Gasteiger partial charge is 0.369 e. The van der Waals surface area contributed by atoms with Gasteiger partial charge >= 0.3 is 0 Å². The zero-order valence-electron chi connectivity index (χ0n) is 11.5. The molecule has 0 bridgehead atoms. The number of hydrogen-bond acceptors (Lipinski definition) is 5. The van der Waals surface area contributed by atoms with Crippen LogP contribution >= 0.6 is 11.6 Å². The Morgan fingerprint density at radius 1 is 1.50 bits per heavy atom. The Kier molecular flexibility index (Phi) is 5.92. The Bertz CT molecular complexity index is 513. The third kappa shape index (κ3) is 5.66. The predicted molar refractivity (Wildman–Crippen MR) is 78.0 cm³/mol. The maximum absolute atomic E-state index is 10.6. The molecule has 0 saturated heterocycles. The summed E-state index contributed by atoms with van der Waals surface area (Å²) in [5.41, 5.74) is 0.881. The third-order valence-corrected chi connectivity index (χ3v) is 2.46. The summed E-state index contributed by atoms with van der Waals surface area (Å²) in [5.74, 6) is 0.249. The van der Waals surface area contributed by atoms with Crippen molar-refractivity contribution in [2.75, 3.05) is 21.1 Å². The molecule has 0 aromatic carbocycles. The number of nitrogens with zero attached hydrogens (tertiary/aromatic N) is 5. The second-order valence-electron chi connectivity index (χ2n) is 4.33. The summed E-state index contributed by atoms with van der Waals surface area (Å²) >= 11 is 5.71. The monoisotopic (exact) mass is 297 g/mol. The lowest BCUT2D eigenvalue weighted by Crippen LogP contribution is -2.19. The number of rotatable bonds is 6. The van der Waals surface area contributed by atoms with Crippen LogP contribution in [0.2, 0.25) is 5.15 Å². The molecule has 0 aliphatic heterocycles. The van der Waals surface area contributed by atoms with E-state index in [2.05, 4.69) is 9.98 Å². The zero-order chi connectivity index (χ0) is 15.1. The van der Waals surface area contributed by atoms with Gasteiger partial charge in [-0.1, -0.05) is 17.7 Å². The third-order valence-electron chi connectivity index (χ3n) is 2.24. The predicted octanol–water partition coefficient (Wildman–Crippen LogP) is 1.83. The minimum atomic E-state index is -0.529. The normalized spacial score (nSPS) is 11.7. The molecule has 0 spiro atoms. The van der Waals surface area contributed by atoms with Gasteiger partial charge in [-0.25, -0.2) is 9.98 Å². The molecule has 1 aromatic rings. The number of halogens is 1. The number of nitro groups is 1. The smallest absolute Gasteiger partial charge is 0.276 e. The van der Waals surface area contributed by atoms with E-state index in [9.17, 15) is 10.1 Å². The maximum atomic E-state index is 10.6. The average molecular weight is 298 g/mol. The summed E-state index contributed by atoms with van der Waals surface area (Å²) in [6.07, 6.45) is 3.99. The molecule has 20 heavy (non-hydrogen) atoms. The van der Waals surface area contributed by atoms with Gasteiger partial charge in [-0.05, 0) is 11.6 Å². The van der Waals surface area contributed by atoms with Crippen LogP contribution in [0.3, 0.4) is 0 Å². The van der Waals surface area contributed by atoms with Crippen molar-refractivity contribution in [2.24, 2.45) is 4.99 Å². The summed E-state index contributed by atoms with van der Waals surface area (Å²) in [4.78, 5) is 21.5. The van der Waals surface area contributed by atoms with Gasteiger partial charge in [0.05, 0.1) is 11.3 Å². The first kappa shape index (κ1) is 15.9. The first-order valence-electron chi connectivity index (χ1n) is 5.76.